The molecule has 0 saturated carbocycles. The van der Waals surface area contributed by atoms with Crippen molar-refractivity contribution in [3.05, 3.63) is 71.9 Å². The van der Waals surface area contributed by atoms with E-state index in [2.05, 4.69) is 20.6 Å². The summed E-state index contributed by atoms with van der Waals surface area (Å²) in [5, 5.41) is 6.39. The van der Waals surface area contributed by atoms with Crippen LogP contribution in [0.15, 0.2) is 60.8 Å². The third-order valence-corrected chi connectivity index (χ3v) is 3.93. The van der Waals surface area contributed by atoms with Gasteiger partial charge < -0.3 is 20.1 Å². The van der Waals surface area contributed by atoms with Gasteiger partial charge in [-0.15, -0.1) is 0 Å². The summed E-state index contributed by atoms with van der Waals surface area (Å²) in [6, 6.07) is 16.6. The van der Waals surface area contributed by atoms with Gasteiger partial charge in [0.25, 0.3) is 0 Å². The predicted molar refractivity (Wildman–Crippen MR) is 108 cm³/mol. The first-order valence-corrected chi connectivity index (χ1v) is 8.92. The summed E-state index contributed by atoms with van der Waals surface area (Å²) in [5.74, 6) is 1.65. The molecule has 2 N–H and O–H groups in total. The zero-order chi connectivity index (χ0) is 19.8. The Morgan fingerprint density at radius 2 is 1.79 bits per heavy atom. The lowest BCUT2D eigenvalue weighted by atomic mass is 10.2. The van der Waals surface area contributed by atoms with Gasteiger partial charge in [-0.3, -0.25) is 0 Å². The number of carbonyl (C=O) groups is 1. The van der Waals surface area contributed by atoms with Gasteiger partial charge in [-0.1, -0.05) is 12.1 Å². The van der Waals surface area contributed by atoms with Crippen LogP contribution in [0.25, 0.3) is 0 Å². The second-order valence-electron chi connectivity index (χ2n) is 5.89. The lowest BCUT2D eigenvalue weighted by Gasteiger charge is -2.09. The van der Waals surface area contributed by atoms with Crippen LogP contribution in [0.4, 0.5) is 17.5 Å². The minimum atomic E-state index is -0.332. The summed E-state index contributed by atoms with van der Waals surface area (Å²) in [6.45, 7) is 2.73. The number of hydrogen-bond donors (Lipinski definition) is 2. The summed E-state index contributed by atoms with van der Waals surface area (Å²) in [6.07, 6.45) is 1.68. The molecule has 0 aliphatic rings. The van der Waals surface area contributed by atoms with Crippen molar-refractivity contribution in [1.29, 1.82) is 0 Å². The van der Waals surface area contributed by atoms with E-state index in [1.54, 1.807) is 50.6 Å². The lowest BCUT2D eigenvalue weighted by Crippen LogP contribution is -2.05. The molecule has 7 heteroatoms. The van der Waals surface area contributed by atoms with Crippen LogP contribution in [0.2, 0.25) is 0 Å². The molecule has 28 heavy (non-hydrogen) atoms. The van der Waals surface area contributed by atoms with Crippen LogP contribution in [-0.4, -0.2) is 29.7 Å². The first kappa shape index (κ1) is 19.2. The van der Waals surface area contributed by atoms with Gasteiger partial charge in [0.2, 0.25) is 5.95 Å². The quantitative estimate of drug-likeness (QED) is 0.573. The number of hydrogen-bond acceptors (Lipinski definition) is 7. The summed E-state index contributed by atoms with van der Waals surface area (Å²) in [5.41, 5.74) is 2.42. The van der Waals surface area contributed by atoms with E-state index < -0.39 is 0 Å². The second-order valence-corrected chi connectivity index (χ2v) is 5.89. The second kappa shape index (κ2) is 9.36. The van der Waals surface area contributed by atoms with E-state index in [9.17, 15) is 4.79 Å². The van der Waals surface area contributed by atoms with Gasteiger partial charge in [-0.2, -0.15) is 4.98 Å². The number of nitrogens with one attached hydrogen (secondary N) is 2. The highest BCUT2D eigenvalue weighted by Gasteiger charge is 2.06. The van der Waals surface area contributed by atoms with Crippen LogP contribution in [0, 0.1) is 0 Å². The van der Waals surface area contributed by atoms with Crippen LogP contribution in [0.3, 0.4) is 0 Å². The zero-order valence-electron chi connectivity index (χ0n) is 15.8. The Hall–Kier alpha value is -3.61. The molecule has 7 nitrogen and oxygen atoms in total. The van der Waals surface area contributed by atoms with Crippen LogP contribution in [0.1, 0.15) is 22.8 Å². The Labute approximate surface area is 163 Å². The van der Waals surface area contributed by atoms with Gasteiger partial charge in [0.15, 0.2) is 0 Å². The average Bonchev–Trinajstić information content (AvgIpc) is 2.73. The molecular formula is C21H22N4O3. The highest BCUT2D eigenvalue weighted by Crippen LogP contribution is 2.17. The van der Waals surface area contributed by atoms with Crippen LogP contribution in [-0.2, 0) is 11.3 Å². The highest BCUT2D eigenvalue weighted by atomic mass is 16.5. The number of nitrogens with zero attached hydrogens (tertiary/aromatic N) is 2. The molecule has 0 atom stereocenters. The van der Waals surface area contributed by atoms with Gasteiger partial charge in [0, 0.05) is 18.4 Å². The standard InChI is InChI=1S/C21H22N4O3/c1-3-28-20(26)16-6-8-17(9-7-16)24-19-12-13-22-21(25-19)23-14-15-4-10-18(27-2)11-5-15/h4-13H,3,14H2,1-2H3,(H2,22,23,24,25). The van der Waals surface area contributed by atoms with Crippen LogP contribution in [0.5, 0.6) is 5.75 Å². The molecule has 1 aromatic heterocycles. The smallest absolute Gasteiger partial charge is 0.338 e. The molecule has 0 unspecified atom stereocenters. The molecule has 0 amide bonds. The minimum Gasteiger partial charge on any atom is -0.497 e. The van der Waals surface area contributed by atoms with Crippen molar-refractivity contribution in [2.24, 2.45) is 0 Å². The monoisotopic (exact) mass is 378 g/mol. The third-order valence-electron chi connectivity index (χ3n) is 3.93. The normalized spacial score (nSPS) is 10.2. The Kier molecular flexibility index (Phi) is 6.41. The molecule has 3 rings (SSSR count). The number of benzene rings is 2. The SMILES string of the molecule is CCOC(=O)c1ccc(Nc2ccnc(NCc3ccc(OC)cc3)n2)cc1. The molecule has 0 bridgehead atoms. The number of aromatic nitrogens is 2. The Morgan fingerprint density at radius 3 is 2.46 bits per heavy atom. The maximum absolute atomic E-state index is 11.7. The number of carbonyl (C=O) groups excluding carboxylic acids is 1. The van der Waals surface area contributed by atoms with Crippen molar-refractivity contribution in [3.8, 4) is 5.75 Å². The topological polar surface area (TPSA) is 85.4 Å². The third kappa shape index (κ3) is 5.20. The van der Waals surface area contributed by atoms with E-state index in [1.807, 2.05) is 24.3 Å². The molecule has 0 saturated heterocycles. The Morgan fingerprint density at radius 1 is 1.04 bits per heavy atom. The number of anilines is 3. The van der Waals surface area contributed by atoms with E-state index in [-0.39, 0.29) is 5.97 Å². The molecule has 0 fully saturated rings. The van der Waals surface area contributed by atoms with Gasteiger partial charge >= 0.3 is 5.97 Å². The van der Waals surface area contributed by atoms with Crippen molar-refractivity contribution in [2.45, 2.75) is 13.5 Å². The fraction of sp³-hybridized carbons (Fsp3) is 0.190. The average molecular weight is 378 g/mol. The van der Waals surface area contributed by atoms with E-state index in [0.717, 1.165) is 17.0 Å². The molecule has 1 heterocycles. The fourth-order valence-corrected chi connectivity index (χ4v) is 2.49. The van der Waals surface area contributed by atoms with Crippen LogP contribution >= 0.6 is 0 Å². The van der Waals surface area contributed by atoms with Gasteiger partial charge in [0.05, 0.1) is 19.3 Å². The van der Waals surface area contributed by atoms with Crippen molar-refractivity contribution in [3.63, 3.8) is 0 Å². The number of rotatable bonds is 8. The summed E-state index contributed by atoms with van der Waals surface area (Å²) in [4.78, 5) is 20.4. The molecule has 144 valence electrons. The molecule has 0 radical (unpaired) electrons. The number of methoxy groups -OCH3 is 1. The first-order chi connectivity index (χ1) is 13.7. The van der Waals surface area contributed by atoms with Crippen molar-refractivity contribution in [2.75, 3.05) is 24.4 Å². The van der Waals surface area contributed by atoms with E-state index >= 15 is 0 Å². The maximum atomic E-state index is 11.7. The fourth-order valence-electron chi connectivity index (χ4n) is 2.49. The van der Waals surface area contributed by atoms with Crippen molar-refractivity contribution >= 4 is 23.4 Å². The molecule has 0 spiro atoms. The molecule has 0 aliphatic carbocycles. The summed E-state index contributed by atoms with van der Waals surface area (Å²) >= 11 is 0. The minimum absolute atomic E-state index is 0.332. The van der Waals surface area contributed by atoms with Gasteiger partial charge in [0.1, 0.15) is 11.6 Å². The van der Waals surface area contributed by atoms with Crippen LogP contribution < -0.4 is 15.4 Å². The van der Waals surface area contributed by atoms with Gasteiger partial charge in [-0.05, 0) is 55.0 Å². The molecule has 0 aliphatic heterocycles. The Bertz CT molecular complexity index is 912. The van der Waals surface area contributed by atoms with Crippen molar-refractivity contribution < 1.29 is 14.3 Å². The summed E-state index contributed by atoms with van der Waals surface area (Å²) in [7, 11) is 1.64. The molecule has 2 aromatic carbocycles. The zero-order valence-corrected chi connectivity index (χ0v) is 15.8. The van der Waals surface area contributed by atoms with Gasteiger partial charge in [-0.25, -0.2) is 9.78 Å². The molecule has 3 aromatic rings. The number of esters is 1. The van der Waals surface area contributed by atoms with E-state index in [1.165, 1.54) is 0 Å². The van der Waals surface area contributed by atoms with E-state index in [0.29, 0.717) is 30.5 Å². The molecular weight excluding hydrogens is 356 g/mol. The Balaban J connectivity index is 1.60. The number of ether oxygens (including phenoxy) is 2. The highest BCUT2D eigenvalue weighted by molar-refractivity contribution is 5.89. The maximum Gasteiger partial charge on any atom is 0.338 e. The summed E-state index contributed by atoms with van der Waals surface area (Å²) < 4.78 is 10.1. The van der Waals surface area contributed by atoms with Crippen molar-refractivity contribution in [1.82, 2.24) is 9.97 Å². The van der Waals surface area contributed by atoms with E-state index in [4.69, 9.17) is 9.47 Å². The lowest BCUT2D eigenvalue weighted by molar-refractivity contribution is 0.0526. The predicted octanol–water partition coefficient (Wildman–Crippen LogP) is 4.02. The first-order valence-electron chi connectivity index (χ1n) is 8.92. The largest absolute Gasteiger partial charge is 0.497 e.